The predicted octanol–water partition coefficient (Wildman–Crippen LogP) is 3.86. The topological polar surface area (TPSA) is 20.3 Å². The second-order valence-electron chi connectivity index (χ2n) is 6.32. The van der Waals surface area contributed by atoms with Crippen molar-refractivity contribution in [1.29, 1.82) is 0 Å². The average molecular weight is 257 g/mol. The number of hydrogen-bond donors (Lipinski definition) is 0. The average Bonchev–Trinajstić information content (AvgIpc) is 2.56. The smallest absolute Gasteiger partial charge is 0.210 e. The highest BCUT2D eigenvalue weighted by atomic mass is 16.1. The molecule has 1 aromatic rings. The Hall–Kier alpha value is -1.31. The van der Waals surface area contributed by atoms with Crippen LogP contribution in [0.25, 0.3) is 0 Å². The van der Waals surface area contributed by atoms with E-state index in [1.165, 1.54) is 43.2 Å². The van der Waals surface area contributed by atoms with Crippen LogP contribution in [0, 0.1) is 0 Å². The number of fused-ring (bicyclic) bond motifs is 1. The largest absolute Gasteiger partial charge is 0.335 e. The van der Waals surface area contributed by atoms with E-state index >= 15 is 0 Å². The zero-order chi connectivity index (χ0) is 13.3. The maximum absolute atomic E-state index is 11.6. The molecular weight excluding hydrogens is 234 g/mol. The molecule has 1 aromatic carbocycles. The molecule has 3 rings (SSSR count). The summed E-state index contributed by atoms with van der Waals surface area (Å²) in [5.41, 5.74) is 2.90. The molecule has 0 saturated heterocycles. The third kappa shape index (κ3) is 2.18. The fourth-order valence-electron chi connectivity index (χ4n) is 4.16. The summed E-state index contributed by atoms with van der Waals surface area (Å²) in [5, 5.41) is 0. The van der Waals surface area contributed by atoms with Gasteiger partial charge >= 0.3 is 0 Å². The van der Waals surface area contributed by atoms with Crippen LogP contribution < -0.4 is 0 Å². The monoisotopic (exact) mass is 257 g/mol. The molecule has 2 heteroatoms. The van der Waals surface area contributed by atoms with E-state index in [4.69, 9.17) is 0 Å². The van der Waals surface area contributed by atoms with Gasteiger partial charge in [-0.2, -0.15) is 0 Å². The number of hydrogen-bond acceptors (Lipinski definition) is 1. The first-order valence-electron chi connectivity index (χ1n) is 7.55. The van der Waals surface area contributed by atoms with Gasteiger partial charge in [-0.3, -0.25) is 4.79 Å². The van der Waals surface area contributed by atoms with Gasteiger partial charge in [0.05, 0.1) is 0 Å². The molecule has 1 aliphatic carbocycles. The van der Waals surface area contributed by atoms with Crippen molar-refractivity contribution in [2.45, 2.75) is 63.5 Å². The van der Waals surface area contributed by atoms with Gasteiger partial charge in [-0.25, -0.2) is 0 Å². The van der Waals surface area contributed by atoms with Crippen LogP contribution in [-0.4, -0.2) is 16.8 Å². The number of benzene rings is 1. The van der Waals surface area contributed by atoms with E-state index in [1.807, 2.05) is 0 Å². The van der Waals surface area contributed by atoms with E-state index in [9.17, 15) is 4.79 Å². The van der Waals surface area contributed by atoms with E-state index < -0.39 is 0 Å². The lowest BCUT2D eigenvalue weighted by Crippen LogP contribution is -2.48. The van der Waals surface area contributed by atoms with Gasteiger partial charge in [0.1, 0.15) is 0 Å². The third-order valence-electron chi connectivity index (χ3n) is 5.13. The van der Waals surface area contributed by atoms with Crippen molar-refractivity contribution in [3.05, 3.63) is 35.4 Å². The summed E-state index contributed by atoms with van der Waals surface area (Å²) in [6, 6.07) is 8.64. The van der Waals surface area contributed by atoms with Gasteiger partial charge in [0.15, 0.2) is 0 Å². The fourth-order valence-corrected chi connectivity index (χ4v) is 4.16. The van der Waals surface area contributed by atoms with Crippen molar-refractivity contribution in [3.8, 4) is 0 Å². The highest BCUT2D eigenvalue weighted by Crippen LogP contribution is 2.44. The Morgan fingerprint density at radius 3 is 2.68 bits per heavy atom. The van der Waals surface area contributed by atoms with Crippen LogP contribution in [0.3, 0.4) is 0 Å². The predicted molar refractivity (Wildman–Crippen MR) is 76.9 cm³/mol. The lowest BCUT2D eigenvalue weighted by Gasteiger charge is -2.44. The van der Waals surface area contributed by atoms with Crippen molar-refractivity contribution in [3.63, 3.8) is 0 Å². The molecule has 0 bridgehead atoms. The molecule has 1 atom stereocenters. The summed E-state index contributed by atoms with van der Waals surface area (Å²) >= 11 is 0. The summed E-state index contributed by atoms with van der Waals surface area (Å²) in [4.78, 5) is 13.7. The molecule has 1 saturated carbocycles. The van der Waals surface area contributed by atoms with Gasteiger partial charge in [0, 0.05) is 12.1 Å². The summed E-state index contributed by atoms with van der Waals surface area (Å²) < 4.78 is 0. The zero-order valence-electron chi connectivity index (χ0n) is 11.8. The van der Waals surface area contributed by atoms with E-state index in [-0.39, 0.29) is 5.54 Å². The van der Waals surface area contributed by atoms with Crippen LogP contribution in [-0.2, 0) is 11.3 Å². The summed E-state index contributed by atoms with van der Waals surface area (Å²) in [5.74, 6) is 0.555. The first-order chi connectivity index (χ1) is 9.25. The highest BCUT2D eigenvalue weighted by Gasteiger charge is 2.41. The van der Waals surface area contributed by atoms with Gasteiger partial charge in [0.2, 0.25) is 6.41 Å². The molecule has 1 aliphatic heterocycles. The van der Waals surface area contributed by atoms with Crippen LogP contribution in [0.5, 0.6) is 0 Å². The first kappa shape index (κ1) is 12.7. The maximum atomic E-state index is 11.6. The van der Waals surface area contributed by atoms with Crippen molar-refractivity contribution < 1.29 is 4.79 Å². The van der Waals surface area contributed by atoms with Gasteiger partial charge in [-0.1, -0.05) is 50.5 Å². The Morgan fingerprint density at radius 2 is 1.95 bits per heavy atom. The minimum atomic E-state index is 0.123. The maximum Gasteiger partial charge on any atom is 0.210 e. The lowest BCUT2D eigenvalue weighted by molar-refractivity contribution is -0.126. The standard InChI is InChI=1S/C17H23NO/c1-14-11-17(9-5-2-6-10-17)18(13-19)12-15-7-3-4-8-16(14)15/h3-4,7-8,13-14H,2,5-6,9-12H2,1H3. The summed E-state index contributed by atoms with van der Waals surface area (Å²) in [7, 11) is 0. The molecule has 2 aliphatic rings. The molecular formula is C17H23NO. The number of nitrogens with zero attached hydrogens (tertiary/aromatic N) is 1. The number of carbonyl (C=O) groups excluding carboxylic acids is 1. The second kappa shape index (κ2) is 4.99. The molecule has 1 unspecified atom stereocenters. The number of carbonyl (C=O) groups is 1. The van der Waals surface area contributed by atoms with Gasteiger partial charge in [0.25, 0.3) is 0 Å². The van der Waals surface area contributed by atoms with Crippen LogP contribution in [0.15, 0.2) is 24.3 Å². The van der Waals surface area contributed by atoms with Gasteiger partial charge < -0.3 is 4.90 Å². The van der Waals surface area contributed by atoms with Crippen LogP contribution >= 0.6 is 0 Å². The molecule has 1 heterocycles. The SMILES string of the molecule is CC1CC2(CCCCC2)N(C=O)Cc2ccccc21. The Morgan fingerprint density at radius 1 is 1.21 bits per heavy atom. The third-order valence-corrected chi connectivity index (χ3v) is 5.13. The van der Waals surface area contributed by atoms with Crippen molar-refractivity contribution in [2.75, 3.05) is 0 Å². The van der Waals surface area contributed by atoms with Crippen LogP contribution in [0.2, 0.25) is 0 Å². The molecule has 0 N–H and O–H groups in total. The lowest BCUT2D eigenvalue weighted by atomic mass is 9.75. The Balaban J connectivity index is 1.99. The Labute approximate surface area is 115 Å². The number of amides is 1. The quantitative estimate of drug-likeness (QED) is 0.700. The summed E-state index contributed by atoms with van der Waals surface area (Å²) in [6.45, 7) is 3.12. The molecule has 0 aromatic heterocycles. The molecule has 2 nitrogen and oxygen atoms in total. The van der Waals surface area contributed by atoms with E-state index in [0.29, 0.717) is 5.92 Å². The van der Waals surface area contributed by atoms with E-state index in [0.717, 1.165) is 19.4 Å². The number of rotatable bonds is 1. The van der Waals surface area contributed by atoms with Gasteiger partial charge in [-0.15, -0.1) is 0 Å². The molecule has 1 amide bonds. The second-order valence-corrected chi connectivity index (χ2v) is 6.32. The molecule has 1 spiro atoms. The molecule has 102 valence electrons. The Bertz CT molecular complexity index is 462. The summed E-state index contributed by atoms with van der Waals surface area (Å²) in [6.07, 6.45) is 8.47. The van der Waals surface area contributed by atoms with Crippen molar-refractivity contribution in [1.82, 2.24) is 4.90 Å². The van der Waals surface area contributed by atoms with E-state index in [2.05, 4.69) is 36.1 Å². The molecule has 19 heavy (non-hydrogen) atoms. The van der Waals surface area contributed by atoms with Crippen molar-refractivity contribution in [2.24, 2.45) is 0 Å². The first-order valence-corrected chi connectivity index (χ1v) is 7.55. The highest BCUT2D eigenvalue weighted by molar-refractivity contribution is 5.51. The molecule has 0 radical (unpaired) electrons. The minimum Gasteiger partial charge on any atom is -0.335 e. The zero-order valence-corrected chi connectivity index (χ0v) is 11.8. The fraction of sp³-hybridized carbons (Fsp3) is 0.588. The van der Waals surface area contributed by atoms with Crippen LogP contribution in [0.4, 0.5) is 0 Å². The van der Waals surface area contributed by atoms with Crippen LogP contribution in [0.1, 0.15) is 62.5 Å². The Kier molecular flexibility index (Phi) is 3.34. The van der Waals surface area contributed by atoms with Crippen molar-refractivity contribution >= 4 is 6.41 Å². The van der Waals surface area contributed by atoms with Gasteiger partial charge in [-0.05, 0) is 36.3 Å². The van der Waals surface area contributed by atoms with E-state index in [1.54, 1.807) is 0 Å². The normalized spacial score (nSPS) is 25.7. The minimum absolute atomic E-state index is 0.123. The molecule has 1 fully saturated rings.